The van der Waals surface area contributed by atoms with Crippen LogP contribution in [0.2, 0.25) is 10.0 Å². The number of halogens is 2. The van der Waals surface area contributed by atoms with Gasteiger partial charge in [0.2, 0.25) is 11.8 Å². The van der Waals surface area contributed by atoms with Gasteiger partial charge in [0.1, 0.15) is 0 Å². The van der Waals surface area contributed by atoms with Gasteiger partial charge in [0.05, 0.1) is 28.0 Å². The quantitative estimate of drug-likeness (QED) is 0.800. The van der Waals surface area contributed by atoms with Crippen molar-refractivity contribution in [3.63, 3.8) is 0 Å². The van der Waals surface area contributed by atoms with Crippen molar-refractivity contribution in [1.82, 2.24) is 4.90 Å². The molecule has 1 aliphatic rings. The number of hydrogen-bond donors (Lipinski definition) is 1. The van der Waals surface area contributed by atoms with Crippen molar-refractivity contribution >= 4 is 52.3 Å². The summed E-state index contributed by atoms with van der Waals surface area (Å²) < 4.78 is 0. The van der Waals surface area contributed by atoms with Crippen molar-refractivity contribution in [1.29, 1.82) is 0 Å². The minimum Gasteiger partial charge on any atom is -0.332 e. The van der Waals surface area contributed by atoms with Crippen molar-refractivity contribution in [3.05, 3.63) is 58.1 Å². The Morgan fingerprint density at radius 3 is 2.57 bits per heavy atom. The van der Waals surface area contributed by atoms with Crippen LogP contribution in [0.25, 0.3) is 0 Å². The van der Waals surface area contributed by atoms with E-state index in [1.54, 1.807) is 47.4 Å². The lowest BCUT2D eigenvalue weighted by molar-refractivity contribution is -0.117. The van der Waals surface area contributed by atoms with Gasteiger partial charge in [0.15, 0.2) is 0 Å². The number of hydrogen-bond acceptors (Lipinski definition) is 3. The number of likely N-dealkylation sites (N-methyl/N-ethyl adjacent to an activating group) is 1. The molecule has 0 aliphatic carbocycles. The Balaban J connectivity index is 1.70. The van der Waals surface area contributed by atoms with Gasteiger partial charge in [-0.15, -0.1) is 0 Å². The second-order valence-electron chi connectivity index (χ2n) is 6.50. The molecule has 0 spiro atoms. The van der Waals surface area contributed by atoms with Gasteiger partial charge in [-0.1, -0.05) is 35.3 Å². The number of rotatable bonds is 5. The maximum absolute atomic E-state index is 12.7. The van der Waals surface area contributed by atoms with Crippen LogP contribution in [0.3, 0.4) is 0 Å². The first-order valence-electron chi connectivity index (χ1n) is 8.76. The van der Waals surface area contributed by atoms with Crippen LogP contribution in [0, 0.1) is 0 Å². The van der Waals surface area contributed by atoms with E-state index in [0.717, 1.165) is 6.42 Å². The predicted molar refractivity (Wildman–Crippen MR) is 110 cm³/mol. The van der Waals surface area contributed by atoms with E-state index < -0.39 is 0 Å². The SMILES string of the molecule is CN(CC(=O)Nc1ccccc1Cl)C(=O)c1ccc(Cl)c(N2CCCC2=O)c1. The molecule has 0 aromatic heterocycles. The zero-order chi connectivity index (χ0) is 20.3. The van der Waals surface area contributed by atoms with Crippen LogP contribution in [0.5, 0.6) is 0 Å². The fourth-order valence-corrected chi connectivity index (χ4v) is 3.42. The Morgan fingerprint density at radius 1 is 1.14 bits per heavy atom. The van der Waals surface area contributed by atoms with Crippen LogP contribution in [-0.4, -0.2) is 42.8 Å². The van der Waals surface area contributed by atoms with E-state index in [4.69, 9.17) is 23.2 Å². The first-order valence-corrected chi connectivity index (χ1v) is 9.52. The third-order valence-corrected chi connectivity index (χ3v) is 5.08. The number of carbonyl (C=O) groups is 3. The molecule has 146 valence electrons. The standard InChI is InChI=1S/C20H19Cl2N3O3/c1-24(12-18(26)23-16-6-3-2-5-14(16)21)20(28)13-8-9-15(22)17(11-13)25-10-4-7-19(25)27/h2-3,5-6,8-9,11H,4,7,10,12H2,1H3,(H,23,26). The number of anilines is 2. The fraction of sp³-hybridized carbons (Fsp3) is 0.250. The Kier molecular flexibility index (Phi) is 6.21. The molecule has 0 unspecified atom stereocenters. The zero-order valence-corrected chi connectivity index (χ0v) is 16.8. The molecule has 1 heterocycles. The summed E-state index contributed by atoms with van der Waals surface area (Å²) >= 11 is 12.2. The minimum absolute atomic E-state index is 0.0148. The maximum Gasteiger partial charge on any atom is 0.254 e. The Bertz CT molecular complexity index is 933. The second kappa shape index (κ2) is 8.63. The van der Waals surface area contributed by atoms with E-state index in [2.05, 4.69) is 5.32 Å². The number of amides is 3. The highest BCUT2D eigenvalue weighted by Crippen LogP contribution is 2.30. The second-order valence-corrected chi connectivity index (χ2v) is 7.32. The molecule has 1 N–H and O–H groups in total. The Labute approximate surface area is 173 Å². The van der Waals surface area contributed by atoms with Gasteiger partial charge in [0.25, 0.3) is 5.91 Å². The number of carbonyl (C=O) groups excluding carboxylic acids is 3. The summed E-state index contributed by atoms with van der Waals surface area (Å²) in [4.78, 5) is 39.9. The molecule has 0 atom stereocenters. The fourth-order valence-electron chi connectivity index (χ4n) is 3.02. The van der Waals surface area contributed by atoms with Gasteiger partial charge < -0.3 is 15.1 Å². The van der Waals surface area contributed by atoms with E-state index in [1.165, 1.54) is 11.9 Å². The lowest BCUT2D eigenvalue weighted by Gasteiger charge is -2.20. The largest absolute Gasteiger partial charge is 0.332 e. The van der Waals surface area contributed by atoms with Gasteiger partial charge in [-0.3, -0.25) is 14.4 Å². The smallest absolute Gasteiger partial charge is 0.254 e. The maximum atomic E-state index is 12.7. The minimum atomic E-state index is -0.368. The molecule has 8 heteroatoms. The van der Waals surface area contributed by atoms with Crippen LogP contribution in [-0.2, 0) is 9.59 Å². The van der Waals surface area contributed by atoms with E-state index in [1.807, 2.05) is 0 Å². The molecular weight excluding hydrogens is 401 g/mol. The molecule has 28 heavy (non-hydrogen) atoms. The van der Waals surface area contributed by atoms with Crippen molar-refractivity contribution in [2.45, 2.75) is 12.8 Å². The van der Waals surface area contributed by atoms with Gasteiger partial charge in [0, 0.05) is 25.6 Å². The van der Waals surface area contributed by atoms with Crippen LogP contribution in [0.1, 0.15) is 23.2 Å². The summed E-state index contributed by atoms with van der Waals surface area (Å²) in [6, 6.07) is 11.6. The zero-order valence-electron chi connectivity index (χ0n) is 15.2. The molecule has 0 bridgehead atoms. The molecule has 3 rings (SSSR count). The summed E-state index contributed by atoms with van der Waals surface area (Å²) in [5.41, 5.74) is 1.35. The summed E-state index contributed by atoms with van der Waals surface area (Å²) in [7, 11) is 1.53. The summed E-state index contributed by atoms with van der Waals surface area (Å²) in [6.07, 6.45) is 1.23. The van der Waals surface area contributed by atoms with Gasteiger partial charge in [-0.25, -0.2) is 0 Å². The monoisotopic (exact) mass is 419 g/mol. The topological polar surface area (TPSA) is 69.7 Å². The highest BCUT2D eigenvalue weighted by atomic mass is 35.5. The number of nitrogens with one attached hydrogen (secondary N) is 1. The van der Waals surface area contributed by atoms with Crippen LogP contribution in [0.4, 0.5) is 11.4 Å². The average molecular weight is 420 g/mol. The van der Waals surface area contributed by atoms with Gasteiger partial charge in [-0.05, 0) is 36.8 Å². The molecule has 6 nitrogen and oxygen atoms in total. The lowest BCUT2D eigenvalue weighted by Crippen LogP contribution is -2.35. The lowest BCUT2D eigenvalue weighted by atomic mass is 10.1. The van der Waals surface area contributed by atoms with Gasteiger partial charge >= 0.3 is 0 Å². The Morgan fingerprint density at radius 2 is 1.89 bits per heavy atom. The average Bonchev–Trinajstić information content (AvgIpc) is 3.09. The summed E-state index contributed by atoms with van der Waals surface area (Å²) in [5.74, 6) is -0.731. The van der Waals surface area contributed by atoms with E-state index in [-0.39, 0.29) is 24.3 Å². The normalized spacial score (nSPS) is 13.5. The molecular formula is C20H19Cl2N3O3. The molecule has 2 aromatic carbocycles. The molecule has 0 radical (unpaired) electrons. The number of benzene rings is 2. The van der Waals surface area contributed by atoms with E-state index in [0.29, 0.717) is 39.9 Å². The van der Waals surface area contributed by atoms with Crippen LogP contribution in [0.15, 0.2) is 42.5 Å². The van der Waals surface area contributed by atoms with Gasteiger partial charge in [-0.2, -0.15) is 0 Å². The molecule has 2 aromatic rings. The Hall–Kier alpha value is -2.57. The number of nitrogens with zero attached hydrogens (tertiary/aromatic N) is 2. The highest BCUT2D eigenvalue weighted by Gasteiger charge is 2.25. The summed E-state index contributed by atoms with van der Waals surface area (Å²) in [5, 5.41) is 3.51. The van der Waals surface area contributed by atoms with Crippen molar-refractivity contribution < 1.29 is 14.4 Å². The highest BCUT2D eigenvalue weighted by molar-refractivity contribution is 6.34. The van der Waals surface area contributed by atoms with Crippen molar-refractivity contribution in [3.8, 4) is 0 Å². The number of para-hydroxylation sites is 1. The molecule has 1 fully saturated rings. The molecule has 0 saturated carbocycles. The first kappa shape index (κ1) is 20.2. The third kappa shape index (κ3) is 4.46. The van der Waals surface area contributed by atoms with E-state index in [9.17, 15) is 14.4 Å². The molecule has 1 aliphatic heterocycles. The molecule has 1 saturated heterocycles. The van der Waals surface area contributed by atoms with Crippen molar-refractivity contribution in [2.24, 2.45) is 0 Å². The van der Waals surface area contributed by atoms with Crippen LogP contribution >= 0.6 is 23.2 Å². The van der Waals surface area contributed by atoms with E-state index >= 15 is 0 Å². The first-order chi connectivity index (χ1) is 13.4. The van der Waals surface area contributed by atoms with Crippen LogP contribution < -0.4 is 10.2 Å². The predicted octanol–water partition coefficient (Wildman–Crippen LogP) is 3.83. The molecule has 3 amide bonds. The van der Waals surface area contributed by atoms with Crippen molar-refractivity contribution in [2.75, 3.05) is 30.4 Å². The summed E-state index contributed by atoms with van der Waals surface area (Å²) in [6.45, 7) is 0.428. The third-order valence-electron chi connectivity index (χ3n) is 4.43.